The van der Waals surface area contributed by atoms with Crippen LogP contribution in [-0.2, 0) is 0 Å². The van der Waals surface area contributed by atoms with Crippen LogP contribution < -0.4 is 5.73 Å². The Kier molecular flexibility index (Phi) is 3.26. The number of nitrogen functional groups attached to an aromatic ring is 1. The van der Waals surface area contributed by atoms with Gasteiger partial charge in [-0.05, 0) is 54.8 Å². The monoisotopic (exact) mass is 252 g/mol. The van der Waals surface area contributed by atoms with E-state index in [0.717, 1.165) is 5.69 Å². The van der Waals surface area contributed by atoms with Gasteiger partial charge in [0.05, 0.1) is 0 Å². The zero-order chi connectivity index (χ0) is 13.2. The minimum Gasteiger partial charge on any atom is -0.399 e. The first kappa shape index (κ1) is 12.2. The van der Waals surface area contributed by atoms with Crippen molar-refractivity contribution >= 4 is 5.69 Å². The van der Waals surface area contributed by atoms with E-state index in [2.05, 4.69) is 42.3 Å². The van der Waals surface area contributed by atoms with Crippen LogP contribution in [-0.4, -0.2) is 25.0 Å². The van der Waals surface area contributed by atoms with E-state index >= 15 is 0 Å². The van der Waals surface area contributed by atoms with Gasteiger partial charge in [0.1, 0.15) is 0 Å². The topological polar surface area (TPSA) is 29.3 Å². The third kappa shape index (κ3) is 2.64. The summed E-state index contributed by atoms with van der Waals surface area (Å²) in [5, 5.41) is 0. The molecule has 1 saturated heterocycles. The van der Waals surface area contributed by atoms with Crippen LogP contribution in [0.25, 0.3) is 11.1 Å². The van der Waals surface area contributed by atoms with Crippen LogP contribution in [0.1, 0.15) is 17.9 Å². The largest absolute Gasteiger partial charge is 0.399 e. The molecule has 3 rings (SSSR count). The van der Waals surface area contributed by atoms with Gasteiger partial charge in [0, 0.05) is 12.2 Å². The molecule has 0 radical (unpaired) electrons. The lowest BCUT2D eigenvalue weighted by Gasteiger charge is -2.11. The van der Waals surface area contributed by atoms with Crippen LogP contribution in [0.4, 0.5) is 5.69 Å². The van der Waals surface area contributed by atoms with Crippen molar-refractivity contribution in [3.63, 3.8) is 0 Å². The van der Waals surface area contributed by atoms with Crippen molar-refractivity contribution in [2.24, 2.45) is 0 Å². The molecule has 2 nitrogen and oxygen atoms in total. The van der Waals surface area contributed by atoms with Gasteiger partial charge in [-0.25, -0.2) is 0 Å². The predicted molar refractivity (Wildman–Crippen MR) is 81.1 cm³/mol. The molecule has 0 spiro atoms. The maximum atomic E-state index is 5.84. The van der Waals surface area contributed by atoms with Gasteiger partial charge >= 0.3 is 0 Å². The standard InChI is InChI=1S/C17H20N2/c1-19-10-9-16(12-19)14-7-5-13(6-8-14)15-3-2-4-17(18)11-15/h2-8,11,16H,9-10,12,18H2,1H3. The van der Waals surface area contributed by atoms with Gasteiger partial charge < -0.3 is 10.6 Å². The van der Waals surface area contributed by atoms with Gasteiger partial charge in [0.25, 0.3) is 0 Å². The molecule has 19 heavy (non-hydrogen) atoms. The minimum absolute atomic E-state index is 0.694. The van der Waals surface area contributed by atoms with E-state index in [1.165, 1.54) is 36.2 Å². The molecule has 1 atom stereocenters. The number of anilines is 1. The fourth-order valence-electron chi connectivity index (χ4n) is 2.87. The number of benzene rings is 2. The Bertz CT molecular complexity index is 560. The average Bonchev–Trinajstić information content (AvgIpc) is 2.86. The Labute approximate surface area is 114 Å². The Morgan fingerprint density at radius 3 is 2.47 bits per heavy atom. The van der Waals surface area contributed by atoms with Gasteiger partial charge in [-0.15, -0.1) is 0 Å². The molecule has 1 fully saturated rings. The van der Waals surface area contributed by atoms with E-state index in [-0.39, 0.29) is 0 Å². The summed E-state index contributed by atoms with van der Waals surface area (Å²) in [6.45, 7) is 2.39. The lowest BCUT2D eigenvalue weighted by Crippen LogP contribution is -2.13. The van der Waals surface area contributed by atoms with Crippen LogP contribution in [0.3, 0.4) is 0 Å². The number of nitrogens with zero attached hydrogens (tertiary/aromatic N) is 1. The van der Waals surface area contributed by atoms with Crippen LogP contribution in [0.15, 0.2) is 48.5 Å². The molecular formula is C17H20N2. The van der Waals surface area contributed by atoms with Crippen molar-refractivity contribution in [2.75, 3.05) is 25.9 Å². The third-order valence-electron chi connectivity index (χ3n) is 3.99. The molecule has 0 aliphatic carbocycles. The molecule has 0 aromatic heterocycles. The normalized spacial score (nSPS) is 19.7. The molecule has 2 N–H and O–H groups in total. The predicted octanol–water partition coefficient (Wildman–Crippen LogP) is 3.35. The highest BCUT2D eigenvalue weighted by molar-refractivity contribution is 5.67. The van der Waals surface area contributed by atoms with E-state index in [1.54, 1.807) is 0 Å². The maximum absolute atomic E-state index is 5.84. The van der Waals surface area contributed by atoms with E-state index in [0.29, 0.717) is 5.92 Å². The number of hydrogen-bond donors (Lipinski definition) is 1. The second kappa shape index (κ2) is 5.06. The Balaban J connectivity index is 1.83. The van der Waals surface area contributed by atoms with Gasteiger partial charge in [-0.3, -0.25) is 0 Å². The molecule has 98 valence electrons. The van der Waals surface area contributed by atoms with Crippen LogP contribution in [0.5, 0.6) is 0 Å². The lowest BCUT2D eigenvalue weighted by atomic mass is 9.95. The smallest absolute Gasteiger partial charge is 0.0320 e. The van der Waals surface area contributed by atoms with E-state index in [4.69, 9.17) is 5.73 Å². The van der Waals surface area contributed by atoms with E-state index in [9.17, 15) is 0 Å². The lowest BCUT2D eigenvalue weighted by molar-refractivity contribution is 0.411. The van der Waals surface area contributed by atoms with Crippen molar-refractivity contribution in [1.82, 2.24) is 4.90 Å². The fourth-order valence-corrected chi connectivity index (χ4v) is 2.87. The van der Waals surface area contributed by atoms with Gasteiger partial charge in [0.15, 0.2) is 0 Å². The molecule has 2 aromatic carbocycles. The number of rotatable bonds is 2. The highest BCUT2D eigenvalue weighted by Gasteiger charge is 2.20. The molecular weight excluding hydrogens is 232 g/mol. The molecule has 1 heterocycles. The highest BCUT2D eigenvalue weighted by atomic mass is 15.1. The quantitative estimate of drug-likeness (QED) is 0.830. The van der Waals surface area contributed by atoms with Gasteiger partial charge in [-0.2, -0.15) is 0 Å². The maximum Gasteiger partial charge on any atom is 0.0320 e. The molecule has 0 saturated carbocycles. The Hall–Kier alpha value is -1.80. The summed E-state index contributed by atoms with van der Waals surface area (Å²) < 4.78 is 0. The van der Waals surface area contributed by atoms with Crippen molar-refractivity contribution in [3.8, 4) is 11.1 Å². The number of hydrogen-bond acceptors (Lipinski definition) is 2. The second-order valence-electron chi connectivity index (χ2n) is 5.50. The first-order valence-electron chi connectivity index (χ1n) is 6.87. The second-order valence-corrected chi connectivity index (χ2v) is 5.50. The number of likely N-dealkylation sites (N-methyl/N-ethyl adjacent to an activating group) is 1. The van der Waals surface area contributed by atoms with Crippen LogP contribution in [0.2, 0.25) is 0 Å². The summed E-state index contributed by atoms with van der Waals surface area (Å²) in [4.78, 5) is 2.40. The Morgan fingerprint density at radius 2 is 1.84 bits per heavy atom. The first-order chi connectivity index (χ1) is 9.22. The molecule has 1 aliphatic rings. The summed E-state index contributed by atoms with van der Waals surface area (Å²) >= 11 is 0. The summed E-state index contributed by atoms with van der Waals surface area (Å²) in [5.74, 6) is 0.694. The third-order valence-corrected chi connectivity index (χ3v) is 3.99. The van der Waals surface area contributed by atoms with Crippen molar-refractivity contribution in [2.45, 2.75) is 12.3 Å². The molecule has 1 aliphatic heterocycles. The zero-order valence-corrected chi connectivity index (χ0v) is 11.3. The molecule has 2 aromatic rings. The summed E-state index contributed by atoms with van der Waals surface area (Å²) in [7, 11) is 2.20. The van der Waals surface area contributed by atoms with Crippen LogP contribution >= 0.6 is 0 Å². The average molecular weight is 252 g/mol. The van der Waals surface area contributed by atoms with Gasteiger partial charge in [-0.1, -0.05) is 36.4 Å². The minimum atomic E-state index is 0.694. The fraction of sp³-hybridized carbons (Fsp3) is 0.294. The number of nitrogens with two attached hydrogens (primary N) is 1. The summed E-state index contributed by atoms with van der Waals surface area (Å²) in [5.41, 5.74) is 10.5. The van der Waals surface area contributed by atoms with E-state index in [1.807, 2.05) is 18.2 Å². The van der Waals surface area contributed by atoms with Crippen molar-refractivity contribution < 1.29 is 0 Å². The SMILES string of the molecule is CN1CCC(c2ccc(-c3cccc(N)c3)cc2)C1. The van der Waals surface area contributed by atoms with Crippen molar-refractivity contribution in [1.29, 1.82) is 0 Å². The molecule has 1 unspecified atom stereocenters. The van der Waals surface area contributed by atoms with E-state index < -0.39 is 0 Å². The van der Waals surface area contributed by atoms with Crippen molar-refractivity contribution in [3.05, 3.63) is 54.1 Å². The molecule has 2 heteroatoms. The zero-order valence-electron chi connectivity index (χ0n) is 11.3. The summed E-state index contributed by atoms with van der Waals surface area (Å²) in [6, 6.07) is 17.0. The van der Waals surface area contributed by atoms with Crippen LogP contribution in [0, 0.1) is 0 Å². The Morgan fingerprint density at radius 1 is 1.05 bits per heavy atom. The number of likely N-dealkylation sites (tertiary alicyclic amines) is 1. The summed E-state index contributed by atoms with van der Waals surface area (Å²) in [6.07, 6.45) is 1.27. The molecule has 0 amide bonds. The van der Waals surface area contributed by atoms with Gasteiger partial charge in [0.2, 0.25) is 0 Å². The first-order valence-corrected chi connectivity index (χ1v) is 6.87. The highest BCUT2D eigenvalue weighted by Crippen LogP contribution is 2.28. The molecule has 0 bridgehead atoms.